The van der Waals surface area contributed by atoms with Gasteiger partial charge in [-0.05, 0) is 42.2 Å². The van der Waals surface area contributed by atoms with Crippen LogP contribution in [0.4, 0.5) is 0 Å². The first-order chi connectivity index (χ1) is 7.88. The summed E-state index contributed by atoms with van der Waals surface area (Å²) in [7, 11) is 0. The molecule has 0 fully saturated rings. The first-order valence-electron chi connectivity index (χ1n) is 5.32. The number of hydrogen-bond donors (Lipinski definition) is 0. The average Bonchev–Trinajstić information content (AvgIpc) is 2.38. The van der Waals surface area contributed by atoms with Gasteiger partial charge >= 0.3 is 0 Å². The number of nitrogens with zero attached hydrogens (tertiary/aromatic N) is 1. The first kappa shape index (κ1) is 10.4. The van der Waals surface area contributed by atoms with Crippen LogP contribution in [-0.2, 0) is 12.8 Å². The van der Waals surface area contributed by atoms with E-state index in [9.17, 15) is 0 Å². The molecule has 0 aliphatic heterocycles. The highest BCUT2D eigenvalue weighted by atomic mass is 14.2. The van der Waals surface area contributed by atoms with Gasteiger partial charge in [-0.25, -0.2) is 0 Å². The maximum Gasteiger partial charge on any atom is 0.0991 e. The van der Waals surface area contributed by atoms with Gasteiger partial charge in [-0.1, -0.05) is 36.4 Å². The molecule has 0 aliphatic carbocycles. The van der Waals surface area contributed by atoms with E-state index in [1.807, 2.05) is 36.4 Å². The number of aryl methyl sites for hydroxylation is 2. The minimum Gasteiger partial charge on any atom is -0.192 e. The second kappa shape index (κ2) is 5.14. The highest BCUT2D eigenvalue weighted by Crippen LogP contribution is 2.08. The van der Waals surface area contributed by atoms with Crippen LogP contribution in [0.15, 0.2) is 48.5 Å². The van der Waals surface area contributed by atoms with Crippen LogP contribution in [0.25, 0.3) is 0 Å². The Labute approximate surface area is 96.0 Å². The molecule has 1 radical (unpaired) electrons. The molecular formula is C15H12N. The van der Waals surface area contributed by atoms with Crippen LogP contribution in [0.1, 0.15) is 16.7 Å². The van der Waals surface area contributed by atoms with Gasteiger partial charge in [-0.2, -0.15) is 5.26 Å². The zero-order chi connectivity index (χ0) is 11.2. The molecule has 1 nitrogen and oxygen atoms in total. The second-order valence-electron chi connectivity index (χ2n) is 3.72. The molecule has 0 aromatic heterocycles. The molecule has 2 rings (SSSR count). The predicted molar refractivity (Wildman–Crippen MR) is 63.8 cm³/mol. The molecule has 0 saturated heterocycles. The summed E-state index contributed by atoms with van der Waals surface area (Å²) >= 11 is 0. The normalized spacial score (nSPS) is 9.69. The third-order valence-corrected chi connectivity index (χ3v) is 2.53. The molecule has 0 amide bonds. The molecule has 16 heavy (non-hydrogen) atoms. The SMILES string of the molecule is N#Cc1cccc(CCc2c[c]ccc2)c1. The van der Waals surface area contributed by atoms with E-state index in [1.54, 1.807) is 0 Å². The summed E-state index contributed by atoms with van der Waals surface area (Å²) in [6, 6.07) is 21.0. The second-order valence-corrected chi connectivity index (χ2v) is 3.72. The van der Waals surface area contributed by atoms with Gasteiger partial charge in [-0.3, -0.25) is 0 Å². The van der Waals surface area contributed by atoms with Crippen molar-refractivity contribution in [3.8, 4) is 6.07 Å². The highest BCUT2D eigenvalue weighted by Gasteiger charge is 1.96. The summed E-state index contributed by atoms with van der Waals surface area (Å²) in [5.41, 5.74) is 3.23. The van der Waals surface area contributed by atoms with Crippen molar-refractivity contribution in [3.05, 3.63) is 71.3 Å². The lowest BCUT2D eigenvalue weighted by atomic mass is 10.0. The fraction of sp³-hybridized carbons (Fsp3) is 0.133. The Morgan fingerprint density at radius 2 is 1.88 bits per heavy atom. The molecule has 0 heterocycles. The van der Waals surface area contributed by atoms with Gasteiger partial charge in [0.15, 0.2) is 0 Å². The van der Waals surface area contributed by atoms with E-state index >= 15 is 0 Å². The van der Waals surface area contributed by atoms with Crippen molar-refractivity contribution in [2.45, 2.75) is 12.8 Å². The molecule has 0 unspecified atom stereocenters. The number of hydrogen-bond acceptors (Lipinski definition) is 1. The van der Waals surface area contributed by atoms with Crippen molar-refractivity contribution in [3.63, 3.8) is 0 Å². The summed E-state index contributed by atoms with van der Waals surface area (Å²) in [6.45, 7) is 0. The van der Waals surface area contributed by atoms with Crippen LogP contribution >= 0.6 is 0 Å². The summed E-state index contributed by atoms with van der Waals surface area (Å²) in [6.07, 6.45) is 1.96. The van der Waals surface area contributed by atoms with E-state index in [-0.39, 0.29) is 0 Å². The van der Waals surface area contributed by atoms with Gasteiger partial charge < -0.3 is 0 Å². The van der Waals surface area contributed by atoms with Gasteiger partial charge in [-0.15, -0.1) is 0 Å². The lowest BCUT2D eigenvalue weighted by molar-refractivity contribution is 0.959. The Balaban J connectivity index is 2.03. The molecule has 0 N–H and O–H groups in total. The number of nitriles is 1. The van der Waals surface area contributed by atoms with Gasteiger partial charge in [0.1, 0.15) is 0 Å². The van der Waals surface area contributed by atoms with Crippen LogP contribution in [0.5, 0.6) is 0 Å². The predicted octanol–water partition coefficient (Wildman–Crippen LogP) is 3.14. The minimum atomic E-state index is 0.733. The molecule has 0 aliphatic rings. The third-order valence-electron chi connectivity index (χ3n) is 2.53. The average molecular weight is 206 g/mol. The van der Waals surface area contributed by atoms with Crippen LogP contribution in [-0.4, -0.2) is 0 Å². The molecular weight excluding hydrogens is 194 g/mol. The van der Waals surface area contributed by atoms with Gasteiger partial charge in [0.2, 0.25) is 0 Å². The van der Waals surface area contributed by atoms with Crippen molar-refractivity contribution >= 4 is 0 Å². The smallest absolute Gasteiger partial charge is 0.0991 e. The fourth-order valence-corrected chi connectivity index (χ4v) is 1.67. The van der Waals surface area contributed by atoms with Crippen LogP contribution in [0.2, 0.25) is 0 Å². The first-order valence-corrected chi connectivity index (χ1v) is 5.32. The number of rotatable bonds is 3. The lowest BCUT2D eigenvalue weighted by Gasteiger charge is -2.02. The maximum absolute atomic E-state index is 8.79. The Kier molecular flexibility index (Phi) is 3.35. The molecule has 1 heteroatoms. The molecule has 0 atom stereocenters. The molecule has 0 saturated carbocycles. The van der Waals surface area contributed by atoms with E-state index < -0.39 is 0 Å². The summed E-state index contributed by atoms with van der Waals surface area (Å²) in [5.74, 6) is 0. The van der Waals surface area contributed by atoms with E-state index in [1.165, 1.54) is 11.1 Å². The lowest BCUT2D eigenvalue weighted by Crippen LogP contribution is -1.91. The summed E-state index contributed by atoms with van der Waals surface area (Å²) in [5, 5.41) is 8.79. The van der Waals surface area contributed by atoms with Crippen LogP contribution in [0, 0.1) is 17.4 Å². The minimum absolute atomic E-state index is 0.733. The topological polar surface area (TPSA) is 23.8 Å². The Hall–Kier alpha value is -2.07. The van der Waals surface area contributed by atoms with Crippen molar-refractivity contribution in [1.82, 2.24) is 0 Å². The van der Waals surface area contributed by atoms with Gasteiger partial charge in [0, 0.05) is 0 Å². The van der Waals surface area contributed by atoms with Crippen molar-refractivity contribution in [2.24, 2.45) is 0 Å². The fourth-order valence-electron chi connectivity index (χ4n) is 1.67. The summed E-state index contributed by atoms with van der Waals surface area (Å²) in [4.78, 5) is 0. The quantitative estimate of drug-likeness (QED) is 0.756. The van der Waals surface area contributed by atoms with Gasteiger partial charge in [0.05, 0.1) is 11.6 Å². The highest BCUT2D eigenvalue weighted by molar-refractivity contribution is 5.33. The maximum atomic E-state index is 8.79. The Morgan fingerprint density at radius 1 is 1.06 bits per heavy atom. The monoisotopic (exact) mass is 206 g/mol. The van der Waals surface area contributed by atoms with Crippen LogP contribution in [0.3, 0.4) is 0 Å². The summed E-state index contributed by atoms with van der Waals surface area (Å²) < 4.78 is 0. The number of benzene rings is 2. The zero-order valence-corrected chi connectivity index (χ0v) is 8.98. The van der Waals surface area contributed by atoms with E-state index in [0.29, 0.717) is 0 Å². The zero-order valence-electron chi connectivity index (χ0n) is 8.98. The Bertz CT molecular complexity index is 494. The van der Waals surface area contributed by atoms with Crippen molar-refractivity contribution in [2.75, 3.05) is 0 Å². The van der Waals surface area contributed by atoms with E-state index in [0.717, 1.165) is 18.4 Å². The molecule has 2 aromatic rings. The molecule has 0 spiro atoms. The standard InChI is InChI=1S/C15H12N/c16-12-15-8-4-7-14(11-15)10-9-13-5-2-1-3-6-13/h1-2,4-8,11H,9-10H2. The molecule has 77 valence electrons. The van der Waals surface area contributed by atoms with Crippen LogP contribution < -0.4 is 0 Å². The Morgan fingerprint density at radius 3 is 2.62 bits per heavy atom. The van der Waals surface area contributed by atoms with E-state index in [4.69, 9.17) is 5.26 Å². The third kappa shape index (κ3) is 2.71. The molecule has 0 bridgehead atoms. The van der Waals surface area contributed by atoms with E-state index in [2.05, 4.69) is 24.3 Å². The molecule has 2 aromatic carbocycles. The largest absolute Gasteiger partial charge is 0.192 e. The van der Waals surface area contributed by atoms with Crippen molar-refractivity contribution in [1.29, 1.82) is 5.26 Å². The van der Waals surface area contributed by atoms with Crippen molar-refractivity contribution < 1.29 is 0 Å². The van der Waals surface area contributed by atoms with Gasteiger partial charge in [0.25, 0.3) is 0 Å².